The number of rotatable bonds is 4. The first-order valence-corrected chi connectivity index (χ1v) is 8.90. The lowest BCUT2D eigenvalue weighted by Crippen LogP contribution is -2.16. The van der Waals surface area contributed by atoms with Crippen molar-refractivity contribution < 1.29 is 35.5 Å². The zero-order valence-corrected chi connectivity index (χ0v) is 17.3. The minimum Gasteiger partial charge on any atom is -0.495 e. The van der Waals surface area contributed by atoms with Crippen molar-refractivity contribution in [2.75, 3.05) is 12.5 Å². The largest absolute Gasteiger partial charge is 0.495 e. The van der Waals surface area contributed by atoms with Gasteiger partial charge < -0.3 is 4.74 Å². The number of ether oxygens (including phenoxy) is 1. The molecule has 0 amide bonds. The Morgan fingerprint density at radius 3 is 2.04 bits per heavy atom. The van der Waals surface area contributed by atoms with Crippen LogP contribution in [0.4, 0.5) is 36.4 Å². The number of anilines is 1. The Hall–Kier alpha value is -1.32. The summed E-state index contributed by atoms with van der Waals surface area (Å²) in [4.78, 5) is 0. The van der Waals surface area contributed by atoms with Crippen molar-refractivity contribution in [1.82, 2.24) is 0 Å². The van der Waals surface area contributed by atoms with E-state index >= 15 is 0 Å². The standard InChI is InChI=1S/C15H7F7I2N2O/c1-27-14-5(2-6(23)3-7(14)24)4-25-26-13-11(18)9(16)8(15(20,21)22)10(17)12(13)19/h2-4,26H,1H3/b25-4+. The van der Waals surface area contributed by atoms with Crippen LogP contribution in [0.5, 0.6) is 5.75 Å². The van der Waals surface area contributed by atoms with Crippen LogP contribution in [0, 0.1) is 30.4 Å². The molecule has 0 bridgehead atoms. The topological polar surface area (TPSA) is 33.6 Å². The Morgan fingerprint density at radius 1 is 1.00 bits per heavy atom. The molecule has 146 valence electrons. The normalized spacial score (nSPS) is 11.9. The highest BCUT2D eigenvalue weighted by Gasteiger charge is 2.42. The van der Waals surface area contributed by atoms with Crippen LogP contribution in [0.25, 0.3) is 0 Å². The van der Waals surface area contributed by atoms with Crippen LogP contribution in [0.1, 0.15) is 11.1 Å². The number of hydrogen-bond donors (Lipinski definition) is 1. The third-order valence-corrected chi connectivity index (χ3v) is 4.59. The molecule has 3 nitrogen and oxygen atoms in total. The van der Waals surface area contributed by atoms with E-state index in [1.807, 2.05) is 45.2 Å². The molecular weight excluding hydrogens is 611 g/mol. The van der Waals surface area contributed by atoms with Crippen LogP contribution < -0.4 is 10.2 Å². The molecule has 12 heteroatoms. The first-order chi connectivity index (χ1) is 12.5. The second kappa shape index (κ2) is 8.36. The zero-order chi connectivity index (χ0) is 20.5. The van der Waals surface area contributed by atoms with E-state index in [9.17, 15) is 30.7 Å². The average molecular weight is 618 g/mol. The number of nitrogens with zero attached hydrogens (tertiary/aromatic N) is 1. The molecule has 0 radical (unpaired) electrons. The third kappa shape index (κ3) is 4.57. The Kier molecular flexibility index (Phi) is 6.81. The summed E-state index contributed by atoms with van der Waals surface area (Å²) >= 11 is 3.96. The maximum absolute atomic E-state index is 13.8. The maximum Gasteiger partial charge on any atom is 0.422 e. The summed E-state index contributed by atoms with van der Waals surface area (Å²) in [6, 6.07) is 3.36. The first kappa shape index (κ1) is 22.0. The molecule has 2 aromatic carbocycles. The Labute approximate surface area is 175 Å². The van der Waals surface area contributed by atoms with Gasteiger partial charge in [0, 0.05) is 9.13 Å². The fourth-order valence-electron chi connectivity index (χ4n) is 2.04. The number of benzene rings is 2. The molecule has 0 aliphatic heterocycles. The highest BCUT2D eigenvalue weighted by molar-refractivity contribution is 14.1. The van der Waals surface area contributed by atoms with E-state index in [4.69, 9.17) is 4.74 Å². The Morgan fingerprint density at radius 2 is 1.56 bits per heavy atom. The summed E-state index contributed by atoms with van der Waals surface area (Å²) in [7, 11) is 1.37. The fourth-order valence-corrected chi connectivity index (χ4v) is 4.15. The van der Waals surface area contributed by atoms with Crippen molar-refractivity contribution in [3.63, 3.8) is 0 Å². The summed E-state index contributed by atoms with van der Waals surface area (Å²) in [6.07, 6.45) is -4.57. The van der Waals surface area contributed by atoms with Crippen LogP contribution in [0.3, 0.4) is 0 Å². The molecule has 1 N–H and O–H groups in total. The number of hydrogen-bond acceptors (Lipinski definition) is 3. The number of hydrazone groups is 1. The molecule has 2 aromatic rings. The monoisotopic (exact) mass is 618 g/mol. The van der Waals surface area contributed by atoms with Crippen LogP contribution in [0.2, 0.25) is 0 Å². The van der Waals surface area contributed by atoms with Gasteiger partial charge in [-0.25, -0.2) is 17.6 Å². The van der Waals surface area contributed by atoms with Gasteiger partial charge in [-0.05, 0) is 57.3 Å². The van der Waals surface area contributed by atoms with Gasteiger partial charge in [0.1, 0.15) is 17.0 Å². The summed E-state index contributed by atoms with van der Waals surface area (Å²) in [5.41, 5.74) is -2.10. The summed E-state index contributed by atoms with van der Waals surface area (Å²) in [5, 5.41) is 3.44. The molecule has 0 saturated heterocycles. The first-order valence-electron chi connectivity index (χ1n) is 6.74. The zero-order valence-electron chi connectivity index (χ0n) is 13.0. The van der Waals surface area contributed by atoms with E-state index in [1.54, 1.807) is 17.6 Å². The van der Waals surface area contributed by atoms with Crippen molar-refractivity contribution in [3.8, 4) is 5.75 Å². The number of alkyl halides is 3. The van der Waals surface area contributed by atoms with E-state index in [-0.39, 0.29) is 0 Å². The lowest BCUT2D eigenvalue weighted by molar-refractivity contribution is -0.143. The van der Waals surface area contributed by atoms with Gasteiger partial charge >= 0.3 is 6.18 Å². The van der Waals surface area contributed by atoms with E-state index in [0.717, 1.165) is 9.78 Å². The van der Waals surface area contributed by atoms with Gasteiger partial charge in [-0.3, -0.25) is 5.43 Å². The molecule has 27 heavy (non-hydrogen) atoms. The molecular formula is C15H7F7I2N2O. The van der Waals surface area contributed by atoms with Crippen LogP contribution in [-0.2, 0) is 6.18 Å². The van der Waals surface area contributed by atoms with Crippen molar-refractivity contribution in [3.05, 3.63) is 53.7 Å². The number of nitrogens with one attached hydrogen (secondary N) is 1. The number of methoxy groups -OCH3 is 1. The highest BCUT2D eigenvalue weighted by atomic mass is 127. The number of halogens is 9. The van der Waals surface area contributed by atoms with Crippen molar-refractivity contribution in [2.24, 2.45) is 5.10 Å². The van der Waals surface area contributed by atoms with Crippen LogP contribution >= 0.6 is 45.2 Å². The molecule has 0 unspecified atom stereocenters. The van der Waals surface area contributed by atoms with Gasteiger partial charge in [0.15, 0.2) is 23.3 Å². The quantitative estimate of drug-likeness (QED) is 0.152. The molecule has 0 spiro atoms. The smallest absolute Gasteiger partial charge is 0.422 e. The lowest BCUT2D eigenvalue weighted by Gasteiger charge is -2.13. The van der Waals surface area contributed by atoms with Gasteiger partial charge in [0.05, 0.1) is 16.9 Å². The summed E-state index contributed by atoms with van der Waals surface area (Å²) in [5.74, 6) is -9.27. The Bertz CT molecular complexity index is 887. The third-order valence-electron chi connectivity index (χ3n) is 3.17. The second-order valence-corrected chi connectivity index (χ2v) is 7.29. The Balaban J connectivity index is 2.44. The van der Waals surface area contributed by atoms with Crippen molar-refractivity contribution >= 4 is 57.1 Å². The minimum atomic E-state index is -5.61. The fraction of sp³-hybridized carbons (Fsp3) is 0.133. The molecule has 0 aliphatic rings. The molecule has 0 heterocycles. The predicted molar refractivity (Wildman–Crippen MR) is 101 cm³/mol. The second-order valence-electron chi connectivity index (χ2n) is 4.88. The molecule has 0 atom stereocenters. The van der Waals surface area contributed by atoms with Gasteiger partial charge in [0.2, 0.25) is 0 Å². The van der Waals surface area contributed by atoms with Crippen LogP contribution in [-0.4, -0.2) is 13.3 Å². The van der Waals surface area contributed by atoms with E-state index in [2.05, 4.69) is 5.10 Å². The highest BCUT2D eigenvalue weighted by Crippen LogP contribution is 2.38. The van der Waals surface area contributed by atoms with Gasteiger partial charge in [-0.15, -0.1) is 0 Å². The van der Waals surface area contributed by atoms with E-state index in [0.29, 0.717) is 14.9 Å². The van der Waals surface area contributed by atoms with Gasteiger partial charge in [-0.1, -0.05) is 0 Å². The molecule has 0 aromatic heterocycles. The lowest BCUT2D eigenvalue weighted by atomic mass is 10.1. The van der Waals surface area contributed by atoms with Gasteiger partial charge in [0.25, 0.3) is 0 Å². The minimum absolute atomic E-state index is 0.356. The van der Waals surface area contributed by atoms with Crippen molar-refractivity contribution in [1.29, 1.82) is 0 Å². The van der Waals surface area contributed by atoms with Crippen LogP contribution in [0.15, 0.2) is 17.2 Å². The maximum atomic E-state index is 13.8. The van der Waals surface area contributed by atoms with E-state index in [1.165, 1.54) is 7.11 Å². The predicted octanol–water partition coefficient (Wildman–Crippen LogP) is 5.93. The molecule has 0 saturated carbocycles. The average Bonchev–Trinajstić information content (AvgIpc) is 2.54. The molecule has 0 aliphatic carbocycles. The molecule has 2 rings (SSSR count). The van der Waals surface area contributed by atoms with E-state index < -0.39 is 40.7 Å². The van der Waals surface area contributed by atoms with Gasteiger partial charge in [-0.2, -0.15) is 18.3 Å². The molecule has 0 fully saturated rings. The summed E-state index contributed by atoms with van der Waals surface area (Å²) < 4.78 is 99.0. The van der Waals surface area contributed by atoms with Crippen molar-refractivity contribution in [2.45, 2.75) is 6.18 Å². The SMILES string of the molecule is COc1c(I)cc(I)cc1/C=N/Nc1c(F)c(F)c(C(F)(F)F)c(F)c1F. The summed E-state index contributed by atoms with van der Waals surface area (Å²) in [6.45, 7) is 0.